The maximum Gasteiger partial charge on any atom is 0.323 e. The molecule has 0 bridgehead atoms. The van der Waals surface area contributed by atoms with Gasteiger partial charge in [-0.15, -0.1) is 0 Å². The van der Waals surface area contributed by atoms with Crippen LogP contribution in [0.1, 0.15) is 13.3 Å². The van der Waals surface area contributed by atoms with Crippen molar-refractivity contribution >= 4 is 27.8 Å². The van der Waals surface area contributed by atoms with Gasteiger partial charge in [0.2, 0.25) is 0 Å². The van der Waals surface area contributed by atoms with Gasteiger partial charge in [0, 0.05) is 19.7 Å². The van der Waals surface area contributed by atoms with Gasteiger partial charge in [0.15, 0.2) is 5.82 Å². The van der Waals surface area contributed by atoms with Gasteiger partial charge in [-0.25, -0.2) is 4.79 Å². The molecule has 1 N–H and O–H groups in total. The zero-order valence-corrected chi connectivity index (χ0v) is 12.1. The van der Waals surface area contributed by atoms with E-state index in [1.807, 2.05) is 11.9 Å². The Morgan fingerprint density at radius 1 is 1.72 bits per heavy atom. The minimum absolute atomic E-state index is 0.115. The van der Waals surface area contributed by atoms with Crippen molar-refractivity contribution in [2.45, 2.75) is 19.4 Å². The first-order valence-corrected chi connectivity index (χ1v) is 6.76. The number of aromatic nitrogens is 2. The molecule has 2 rings (SSSR count). The van der Waals surface area contributed by atoms with Crippen LogP contribution in [0.5, 0.6) is 0 Å². The van der Waals surface area contributed by atoms with Crippen LogP contribution in [0.3, 0.4) is 0 Å². The van der Waals surface area contributed by atoms with Gasteiger partial charge in [-0.3, -0.25) is 10.00 Å². The first kappa shape index (κ1) is 13.4. The van der Waals surface area contributed by atoms with E-state index in [0.717, 1.165) is 11.0 Å². The number of aryl methyl sites for hydroxylation is 1. The summed E-state index contributed by atoms with van der Waals surface area (Å²) in [5.74, 6) is 0.552. The maximum atomic E-state index is 12.2. The van der Waals surface area contributed by atoms with E-state index in [9.17, 15) is 4.79 Å². The third-order valence-electron chi connectivity index (χ3n) is 3.02. The number of morpholine rings is 1. The molecule has 0 radical (unpaired) electrons. The summed E-state index contributed by atoms with van der Waals surface area (Å²) in [6.45, 7) is 3.88. The average Bonchev–Trinajstić information content (AvgIpc) is 2.68. The van der Waals surface area contributed by atoms with Crippen molar-refractivity contribution in [3.63, 3.8) is 0 Å². The monoisotopic (exact) mass is 316 g/mol. The molecule has 1 atom stereocenters. The van der Waals surface area contributed by atoms with Crippen molar-refractivity contribution in [3.05, 3.63) is 10.7 Å². The number of hydrogen-bond donors (Lipinski definition) is 1. The van der Waals surface area contributed by atoms with Crippen LogP contribution in [0.4, 0.5) is 10.6 Å². The molecule has 2 amide bonds. The fraction of sp³-hybridized carbons (Fsp3) is 0.636. The number of rotatable bonds is 2. The molecule has 1 saturated heterocycles. The number of urea groups is 1. The van der Waals surface area contributed by atoms with Gasteiger partial charge in [-0.05, 0) is 22.4 Å². The van der Waals surface area contributed by atoms with Crippen LogP contribution in [0.2, 0.25) is 0 Å². The number of anilines is 1. The summed E-state index contributed by atoms with van der Waals surface area (Å²) in [7, 11) is 1.81. The summed E-state index contributed by atoms with van der Waals surface area (Å²) in [5.41, 5.74) is 0. The number of nitrogens with one attached hydrogen (secondary N) is 1. The topological polar surface area (TPSA) is 59.4 Å². The molecule has 1 aliphatic rings. The molecule has 0 aromatic carbocycles. The molecule has 0 saturated carbocycles. The third kappa shape index (κ3) is 2.84. The third-order valence-corrected chi connectivity index (χ3v) is 3.76. The van der Waals surface area contributed by atoms with E-state index in [1.54, 1.807) is 10.7 Å². The Labute approximate surface area is 114 Å². The zero-order chi connectivity index (χ0) is 13.1. The van der Waals surface area contributed by atoms with Gasteiger partial charge in [-0.2, -0.15) is 5.10 Å². The number of hydrogen-bond acceptors (Lipinski definition) is 3. The summed E-state index contributed by atoms with van der Waals surface area (Å²) < 4.78 is 7.86. The number of carbonyl (C=O) groups excluding carboxylic acids is 1. The number of amides is 2. The molecule has 0 spiro atoms. The number of halogens is 1. The number of carbonyl (C=O) groups is 1. The maximum absolute atomic E-state index is 12.2. The molecule has 6 nitrogen and oxygen atoms in total. The van der Waals surface area contributed by atoms with Gasteiger partial charge in [0.05, 0.1) is 19.3 Å². The highest BCUT2D eigenvalue weighted by Gasteiger charge is 2.26. The average molecular weight is 317 g/mol. The van der Waals surface area contributed by atoms with Crippen molar-refractivity contribution in [1.82, 2.24) is 14.7 Å². The smallest absolute Gasteiger partial charge is 0.323 e. The van der Waals surface area contributed by atoms with Crippen LogP contribution >= 0.6 is 15.9 Å². The van der Waals surface area contributed by atoms with Gasteiger partial charge in [0.1, 0.15) is 4.60 Å². The highest BCUT2D eigenvalue weighted by Crippen LogP contribution is 2.16. The lowest BCUT2D eigenvalue weighted by Gasteiger charge is -2.34. The molecule has 2 heterocycles. The van der Waals surface area contributed by atoms with Gasteiger partial charge >= 0.3 is 6.03 Å². The molecule has 1 aromatic heterocycles. The number of ether oxygens (including phenoxy) is 1. The Balaban J connectivity index is 2.02. The van der Waals surface area contributed by atoms with E-state index in [2.05, 4.69) is 33.3 Å². The fourth-order valence-corrected chi connectivity index (χ4v) is 2.24. The Bertz CT molecular complexity index is 415. The van der Waals surface area contributed by atoms with Gasteiger partial charge < -0.3 is 9.64 Å². The Hall–Kier alpha value is -1.08. The van der Waals surface area contributed by atoms with Crippen LogP contribution in [0.15, 0.2) is 10.7 Å². The minimum atomic E-state index is -0.115. The Morgan fingerprint density at radius 3 is 3.11 bits per heavy atom. The molecule has 0 unspecified atom stereocenters. The molecule has 18 heavy (non-hydrogen) atoms. The Morgan fingerprint density at radius 2 is 2.50 bits per heavy atom. The van der Waals surface area contributed by atoms with E-state index in [4.69, 9.17) is 4.74 Å². The van der Waals surface area contributed by atoms with Crippen molar-refractivity contribution in [2.75, 3.05) is 25.1 Å². The van der Waals surface area contributed by atoms with Crippen LogP contribution < -0.4 is 5.32 Å². The van der Waals surface area contributed by atoms with Crippen LogP contribution in [-0.4, -0.2) is 46.5 Å². The van der Waals surface area contributed by atoms with E-state index in [0.29, 0.717) is 25.6 Å². The van der Waals surface area contributed by atoms with Crippen molar-refractivity contribution in [1.29, 1.82) is 0 Å². The number of nitrogens with zero attached hydrogens (tertiary/aromatic N) is 3. The Kier molecular flexibility index (Phi) is 4.23. The molecular weight excluding hydrogens is 300 g/mol. The summed E-state index contributed by atoms with van der Waals surface area (Å²) in [5, 5.41) is 6.98. The molecule has 7 heteroatoms. The van der Waals surface area contributed by atoms with Crippen LogP contribution in [0.25, 0.3) is 0 Å². The molecule has 1 aliphatic heterocycles. The van der Waals surface area contributed by atoms with Gasteiger partial charge in [-0.1, -0.05) is 6.92 Å². The summed E-state index contributed by atoms with van der Waals surface area (Å²) in [4.78, 5) is 14.0. The highest BCUT2D eigenvalue weighted by molar-refractivity contribution is 9.10. The molecule has 100 valence electrons. The SMILES string of the molecule is CC[C@@H]1COCCN1C(=O)Nc1cc(Br)n(C)n1. The lowest BCUT2D eigenvalue weighted by Crippen LogP contribution is -2.50. The van der Waals surface area contributed by atoms with E-state index in [-0.39, 0.29) is 12.1 Å². The molecule has 1 aromatic rings. The lowest BCUT2D eigenvalue weighted by atomic mass is 10.2. The van der Waals surface area contributed by atoms with Crippen molar-refractivity contribution in [2.24, 2.45) is 7.05 Å². The second kappa shape index (κ2) is 5.71. The highest BCUT2D eigenvalue weighted by atomic mass is 79.9. The normalized spacial score (nSPS) is 19.9. The van der Waals surface area contributed by atoms with Crippen molar-refractivity contribution < 1.29 is 9.53 Å². The van der Waals surface area contributed by atoms with E-state index < -0.39 is 0 Å². The van der Waals surface area contributed by atoms with Crippen LogP contribution in [-0.2, 0) is 11.8 Å². The van der Waals surface area contributed by atoms with Crippen molar-refractivity contribution in [3.8, 4) is 0 Å². The van der Waals surface area contributed by atoms with E-state index in [1.165, 1.54) is 0 Å². The largest absolute Gasteiger partial charge is 0.377 e. The van der Waals surface area contributed by atoms with E-state index >= 15 is 0 Å². The fourth-order valence-electron chi connectivity index (χ4n) is 1.95. The predicted molar refractivity (Wildman–Crippen MR) is 71.5 cm³/mol. The van der Waals surface area contributed by atoms with Gasteiger partial charge in [0.25, 0.3) is 0 Å². The first-order chi connectivity index (χ1) is 8.61. The second-order valence-corrected chi connectivity index (χ2v) is 5.05. The summed E-state index contributed by atoms with van der Waals surface area (Å²) in [6, 6.07) is 1.81. The first-order valence-electron chi connectivity index (χ1n) is 5.96. The zero-order valence-electron chi connectivity index (χ0n) is 10.5. The summed E-state index contributed by atoms with van der Waals surface area (Å²) in [6.07, 6.45) is 0.888. The molecular formula is C11H17BrN4O2. The molecule has 1 fully saturated rings. The quantitative estimate of drug-likeness (QED) is 0.905. The van der Waals surface area contributed by atoms with Crippen LogP contribution in [0, 0.1) is 0 Å². The summed E-state index contributed by atoms with van der Waals surface area (Å²) >= 11 is 3.34. The second-order valence-electron chi connectivity index (χ2n) is 4.24. The molecule has 0 aliphatic carbocycles. The predicted octanol–water partition coefficient (Wildman–Crippen LogP) is 1.83. The minimum Gasteiger partial charge on any atom is -0.377 e. The standard InChI is InChI=1S/C11H17BrN4O2/c1-3-8-7-18-5-4-16(8)11(17)13-10-6-9(12)15(2)14-10/h6,8H,3-5,7H2,1-2H3,(H,13,14,17)/t8-/m1/s1. The lowest BCUT2D eigenvalue weighted by molar-refractivity contribution is 0.0143.